The molecule has 1 amide bonds. The molecule has 1 saturated carbocycles. The van der Waals surface area contributed by atoms with E-state index < -0.39 is 0 Å². The van der Waals surface area contributed by atoms with Crippen molar-refractivity contribution in [1.29, 1.82) is 0 Å². The van der Waals surface area contributed by atoms with Gasteiger partial charge in [0.15, 0.2) is 11.0 Å². The lowest BCUT2D eigenvalue weighted by Crippen LogP contribution is -2.37. The minimum atomic E-state index is 0.0591. The molecule has 0 atom stereocenters. The quantitative estimate of drug-likeness (QED) is 0.467. The molecule has 1 fully saturated rings. The summed E-state index contributed by atoms with van der Waals surface area (Å²) >= 11 is 1.41. The van der Waals surface area contributed by atoms with Crippen LogP contribution in [0.3, 0.4) is 0 Å². The predicted molar refractivity (Wildman–Crippen MR) is 116 cm³/mol. The Morgan fingerprint density at radius 2 is 2.03 bits per heavy atom. The molecule has 0 bridgehead atoms. The smallest absolute Gasteiger partial charge is 0.230 e. The highest BCUT2D eigenvalue weighted by atomic mass is 32.2. The summed E-state index contributed by atoms with van der Waals surface area (Å²) in [5.74, 6) is 1.92. The average molecular weight is 415 g/mol. The van der Waals surface area contributed by atoms with E-state index in [1.54, 1.807) is 6.08 Å². The standard InChI is InChI=1S/C22H30N4O2S/c1-3-14-26-20(15-28-19-12-10-17(4-2)11-13-19)24-25-22(26)29-16-21(27)23-18-8-6-5-7-9-18/h3,10-13,18H,1,4-9,14-16H2,2H3,(H,23,27). The number of hydrogen-bond donors (Lipinski definition) is 1. The molecule has 1 aliphatic rings. The van der Waals surface area contributed by atoms with Gasteiger partial charge >= 0.3 is 0 Å². The van der Waals surface area contributed by atoms with Crippen LogP contribution in [-0.4, -0.2) is 32.5 Å². The van der Waals surface area contributed by atoms with Crippen molar-refractivity contribution in [2.75, 3.05) is 5.75 Å². The van der Waals surface area contributed by atoms with Gasteiger partial charge < -0.3 is 10.1 Å². The summed E-state index contributed by atoms with van der Waals surface area (Å²) < 4.78 is 7.82. The molecule has 0 unspecified atom stereocenters. The molecule has 2 aromatic rings. The second-order valence-corrected chi connectivity index (χ2v) is 8.22. The van der Waals surface area contributed by atoms with Crippen LogP contribution in [-0.2, 0) is 24.4 Å². The zero-order chi connectivity index (χ0) is 20.5. The summed E-state index contributed by atoms with van der Waals surface area (Å²) in [6.45, 7) is 6.85. The van der Waals surface area contributed by atoms with E-state index in [0.717, 1.165) is 30.8 Å². The molecule has 29 heavy (non-hydrogen) atoms. The largest absolute Gasteiger partial charge is 0.486 e. The summed E-state index contributed by atoms with van der Waals surface area (Å²) in [6.07, 6.45) is 8.66. The third-order valence-electron chi connectivity index (χ3n) is 5.11. The zero-order valence-electron chi connectivity index (χ0n) is 17.1. The Morgan fingerprint density at radius 3 is 2.72 bits per heavy atom. The van der Waals surface area contributed by atoms with Crippen molar-refractivity contribution in [3.05, 3.63) is 48.3 Å². The number of amides is 1. The van der Waals surface area contributed by atoms with Gasteiger partial charge in [0.05, 0.1) is 5.75 Å². The molecule has 1 heterocycles. The second-order valence-electron chi connectivity index (χ2n) is 7.28. The highest BCUT2D eigenvalue weighted by Gasteiger charge is 2.18. The van der Waals surface area contributed by atoms with Gasteiger partial charge in [0.2, 0.25) is 5.91 Å². The topological polar surface area (TPSA) is 69.0 Å². The van der Waals surface area contributed by atoms with Crippen LogP contribution >= 0.6 is 11.8 Å². The van der Waals surface area contributed by atoms with Crippen LogP contribution in [0.25, 0.3) is 0 Å². The molecule has 0 saturated heterocycles. The molecule has 0 spiro atoms. The summed E-state index contributed by atoms with van der Waals surface area (Å²) in [4.78, 5) is 12.3. The Kier molecular flexibility index (Phi) is 8.16. The van der Waals surface area contributed by atoms with Gasteiger partial charge in [0, 0.05) is 12.6 Å². The Balaban J connectivity index is 1.55. The SMILES string of the molecule is C=CCn1c(COc2ccc(CC)cc2)nnc1SCC(=O)NC1CCCCC1. The normalized spacial score (nSPS) is 14.5. The second kappa shape index (κ2) is 11.0. The third kappa shape index (κ3) is 6.35. The van der Waals surface area contributed by atoms with E-state index in [1.807, 2.05) is 16.7 Å². The van der Waals surface area contributed by atoms with Crippen molar-refractivity contribution < 1.29 is 9.53 Å². The fourth-order valence-corrected chi connectivity index (χ4v) is 4.24. The number of hydrogen-bond acceptors (Lipinski definition) is 5. The lowest BCUT2D eigenvalue weighted by Gasteiger charge is -2.22. The number of thioether (sulfide) groups is 1. The van der Waals surface area contributed by atoms with Gasteiger partial charge in [-0.2, -0.15) is 0 Å². The van der Waals surface area contributed by atoms with Gasteiger partial charge in [0.1, 0.15) is 12.4 Å². The number of aryl methyl sites for hydroxylation is 1. The molecule has 1 N–H and O–H groups in total. The molecular formula is C22H30N4O2S. The summed E-state index contributed by atoms with van der Waals surface area (Å²) in [5.41, 5.74) is 1.28. The highest BCUT2D eigenvalue weighted by Crippen LogP contribution is 2.21. The van der Waals surface area contributed by atoms with Gasteiger partial charge in [-0.25, -0.2) is 0 Å². The lowest BCUT2D eigenvalue weighted by molar-refractivity contribution is -0.119. The van der Waals surface area contributed by atoms with Crippen LogP contribution in [0.4, 0.5) is 0 Å². The summed E-state index contributed by atoms with van der Waals surface area (Å²) in [6, 6.07) is 8.40. The van der Waals surface area contributed by atoms with E-state index in [4.69, 9.17) is 4.74 Å². The van der Waals surface area contributed by atoms with Gasteiger partial charge in [0.25, 0.3) is 0 Å². The first kappa shape index (κ1) is 21.4. The minimum Gasteiger partial charge on any atom is -0.486 e. The Hall–Kier alpha value is -2.28. The monoisotopic (exact) mass is 414 g/mol. The maximum Gasteiger partial charge on any atom is 0.230 e. The van der Waals surface area contributed by atoms with E-state index in [2.05, 4.69) is 41.1 Å². The molecule has 0 aliphatic heterocycles. The Bertz CT molecular complexity index is 798. The average Bonchev–Trinajstić information content (AvgIpc) is 3.14. The van der Waals surface area contributed by atoms with Crippen molar-refractivity contribution in [2.45, 2.75) is 69.8 Å². The number of ether oxygens (including phenoxy) is 1. The first-order valence-electron chi connectivity index (χ1n) is 10.4. The zero-order valence-corrected chi connectivity index (χ0v) is 17.9. The first-order chi connectivity index (χ1) is 14.2. The summed E-state index contributed by atoms with van der Waals surface area (Å²) in [5, 5.41) is 12.4. The lowest BCUT2D eigenvalue weighted by atomic mass is 9.95. The number of nitrogens with one attached hydrogen (secondary N) is 1. The Labute approximate surface area is 177 Å². The van der Waals surface area contributed by atoms with Crippen LogP contribution in [0.15, 0.2) is 42.1 Å². The number of benzene rings is 1. The van der Waals surface area contributed by atoms with Crippen molar-refractivity contribution in [1.82, 2.24) is 20.1 Å². The molecule has 1 aromatic carbocycles. The van der Waals surface area contributed by atoms with Crippen molar-refractivity contribution in [2.24, 2.45) is 0 Å². The van der Waals surface area contributed by atoms with E-state index in [1.165, 1.54) is 36.6 Å². The van der Waals surface area contributed by atoms with E-state index in [-0.39, 0.29) is 5.91 Å². The van der Waals surface area contributed by atoms with Crippen molar-refractivity contribution in [3.63, 3.8) is 0 Å². The number of allylic oxidation sites excluding steroid dienone is 1. The third-order valence-corrected chi connectivity index (χ3v) is 6.07. The molecule has 6 nitrogen and oxygen atoms in total. The van der Waals surface area contributed by atoms with Gasteiger partial charge in [-0.05, 0) is 37.0 Å². The van der Waals surface area contributed by atoms with Crippen molar-refractivity contribution in [3.8, 4) is 5.75 Å². The fraction of sp³-hybridized carbons (Fsp3) is 0.500. The van der Waals surface area contributed by atoms with E-state index in [9.17, 15) is 4.79 Å². The molecule has 1 aliphatic carbocycles. The molecule has 0 radical (unpaired) electrons. The molecular weight excluding hydrogens is 384 g/mol. The maximum absolute atomic E-state index is 12.3. The number of carbonyl (C=O) groups is 1. The Morgan fingerprint density at radius 1 is 1.28 bits per heavy atom. The minimum absolute atomic E-state index is 0.0591. The number of rotatable bonds is 10. The maximum atomic E-state index is 12.3. The first-order valence-corrected chi connectivity index (χ1v) is 11.3. The van der Waals surface area contributed by atoms with Crippen LogP contribution in [0.1, 0.15) is 50.4 Å². The van der Waals surface area contributed by atoms with Gasteiger partial charge in [-0.1, -0.05) is 56.2 Å². The molecule has 3 rings (SSSR count). The van der Waals surface area contributed by atoms with Crippen LogP contribution in [0.5, 0.6) is 5.75 Å². The number of carbonyl (C=O) groups excluding carboxylic acids is 1. The van der Waals surface area contributed by atoms with Crippen LogP contribution < -0.4 is 10.1 Å². The van der Waals surface area contributed by atoms with Crippen LogP contribution in [0.2, 0.25) is 0 Å². The molecule has 7 heteroatoms. The highest BCUT2D eigenvalue weighted by molar-refractivity contribution is 7.99. The fourth-order valence-electron chi connectivity index (χ4n) is 3.46. The van der Waals surface area contributed by atoms with Crippen molar-refractivity contribution >= 4 is 17.7 Å². The molecule has 156 valence electrons. The number of nitrogens with zero attached hydrogens (tertiary/aromatic N) is 3. The number of aromatic nitrogens is 3. The molecule has 1 aromatic heterocycles. The summed E-state index contributed by atoms with van der Waals surface area (Å²) in [7, 11) is 0. The van der Waals surface area contributed by atoms with E-state index >= 15 is 0 Å². The van der Waals surface area contributed by atoms with Gasteiger partial charge in [-0.15, -0.1) is 16.8 Å². The van der Waals surface area contributed by atoms with E-state index in [0.29, 0.717) is 30.1 Å². The van der Waals surface area contributed by atoms with Crippen LogP contribution in [0, 0.1) is 0 Å². The predicted octanol–water partition coefficient (Wildman–Crippen LogP) is 4.15. The van der Waals surface area contributed by atoms with Gasteiger partial charge in [-0.3, -0.25) is 9.36 Å².